The lowest BCUT2D eigenvalue weighted by molar-refractivity contribution is 0.0393. The Balaban J connectivity index is 1.83. The standard InChI is InChI=1S/C19H27N3O4S/c1-11-7-12(2)9-22(8-11)10-14-20-17(23)15-13(3)16(27-18(15)21-14)19(24)26-6-5-25-4/h11-12H,5-10H2,1-4H3,(H,20,21,23)/t11-,12-/m0/s1. The number of H-pyrrole nitrogens is 1. The first kappa shape index (κ1) is 20.0. The number of hydrogen-bond donors (Lipinski definition) is 1. The Labute approximate surface area is 162 Å². The fourth-order valence-corrected chi connectivity index (χ4v) is 4.97. The molecule has 0 aliphatic carbocycles. The fourth-order valence-electron chi connectivity index (χ4n) is 3.87. The maximum absolute atomic E-state index is 12.6. The SMILES string of the molecule is COCCOC(=O)c1sc2nc(CN3C[C@@H](C)C[C@H](C)C3)[nH]c(=O)c2c1C. The largest absolute Gasteiger partial charge is 0.459 e. The van der Waals surface area contributed by atoms with Crippen LogP contribution >= 0.6 is 11.3 Å². The van der Waals surface area contributed by atoms with Crippen LogP contribution < -0.4 is 5.56 Å². The number of hydrogen-bond acceptors (Lipinski definition) is 7. The molecule has 7 nitrogen and oxygen atoms in total. The fraction of sp³-hybridized carbons (Fsp3) is 0.632. The summed E-state index contributed by atoms with van der Waals surface area (Å²) >= 11 is 1.22. The predicted octanol–water partition coefficient (Wildman–Crippen LogP) is 2.57. The number of aryl methyl sites for hydroxylation is 1. The molecule has 27 heavy (non-hydrogen) atoms. The van der Waals surface area contributed by atoms with Gasteiger partial charge in [0.25, 0.3) is 5.56 Å². The van der Waals surface area contributed by atoms with Crippen molar-refractivity contribution in [2.75, 3.05) is 33.4 Å². The van der Waals surface area contributed by atoms with Gasteiger partial charge in [-0.3, -0.25) is 9.69 Å². The highest BCUT2D eigenvalue weighted by Gasteiger charge is 2.24. The highest BCUT2D eigenvalue weighted by molar-refractivity contribution is 7.20. The van der Waals surface area contributed by atoms with Crippen LogP contribution in [0.15, 0.2) is 4.79 Å². The third-order valence-corrected chi connectivity index (χ3v) is 6.04. The highest BCUT2D eigenvalue weighted by Crippen LogP contribution is 2.28. The molecular formula is C19H27N3O4S. The van der Waals surface area contributed by atoms with E-state index in [4.69, 9.17) is 9.47 Å². The van der Waals surface area contributed by atoms with Crippen LogP contribution in [0, 0.1) is 18.8 Å². The maximum Gasteiger partial charge on any atom is 0.348 e. The Bertz CT molecular complexity index is 866. The van der Waals surface area contributed by atoms with Gasteiger partial charge in [-0.1, -0.05) is 13.8 Å². The lowest BCUT2D eigenvalue weighted by Gasteiger charge is -2.34. The Morgan fingerprint density at radius 1 is 1.30 bits per heavy atom. The van der Waals surface area contributed by atoms with E-state index in [9.17, 15) is 9.59 Å². The summed E-state index contributed by atoms with van der Waals surface area (Å²) in [6.07, 6.45) is 1.23. The lowest BCUT2D eigenvalue weighted by atomic mass is 9.92. The molecule has 1 N–H and O–H groups in total. The van der Waals surface area contributed by atoms with E-state index in [-0.39, 0.29) is 12.2 Å². The topological polar surface area (TPSA) is 84.5 Å². The van der Waals surface area contributed by atoms with Crippen LogP contribution in [-0.2, 0) is 16.0 Å². The average Bonchev–Trinajstić information content (AvgIpc) is 2.91. The molecule has 1 saturated heterocycles. The molecule has 0 spiro atoms. The Morgan fingerprint density at radius 3 is 2.67 bits per heavy atom. The normalized spacial score (nSPS) is 20.9. The number of fused-ring (bicyclic) bond motifs is 1. The molecule has 2 aromatic rings. The van der Waals surface area contributed by atoms with Gasteiger partial charge in [0.05, 0.1) is 18.5 Å². The molecule has 1 aliphatic heterocycles. The van der Waals surface area contributed by atoms with Gasteiger partial charge in [0.1, 0.15) is 22.1 Å². The minimum absolute atomic E-state index is 0.184. The molecule has 0 saturated carbocycles. The molecule has 1 fully saturated rings. The molecule has 1 aliphatic rings. The van der Waals surface area contributed by atoms with Gasteiger partial charge in [-0.05, 0) is 30.7 Å². The van der Waals surface area contributed by atoms with Gasteiger partial charge in [-0.15, -0.1) is 11.3 Å². The van der Waals surface area contributed by atoms with Crippen LogP contribution in [0.1, 0.15) is 41.3 Å². The summed E-state index contributed by atoms with van der Waals surface area (Å²) in [5.41, 5.74) is 0.427. The van der Waals surface area contributed by atoms with Gasteiger partial charge in [-0.2, -0.15) is 0 Å². The second-order valence-electron chi connectivity index (χ2n) is 7.52. The van der Waals surface area contributed by atoms with Crippen molar-refractivity contribution in [2.45, 2.75) is 33.7 Å². The number of carbonyl (C=O) groups is 1. The molecule has 0 amide bonds. The number of esters is 1. The Kier molecular flexibility index (Phi) is 6.29. The van der Waals surface area contributed by atoms with Gasteiger partial charge in [-0.25, -0.2) is 9.78 Å². The predicted molar refractivity (Wildman–Crippen MR) is 105 cm³/mol. The van der Waals surface area contributed by atoms with Gasteiger partial charge in [0, 0.05) is 20.2 Å². The van der Waals surface area contributed by atoms with Crippen LogP contribution in [0.25, 0.3) is 10.2 Å². The van der Waals surface area contributed by atoms with Gasteiger partial charge in [0.15, 0.2) is 0 Å². The zero-order chi connectivity index (χ0) is 19.6. The van der Waals surface area contributed by atoms with Crippen molar-refractivity contribution in [2.24, 2.45) is 11.8 Å². The van der Waals surface area contributed by atoms with Crippen LogP contribution in [0.2, 0.25) is 0 Å². The first-order valence-corrected chi connectivity index (χ1v) is 10.1. The first-order valence-electron chi connectivity index (χ1n) is 9.29. The van der Waals surface area contributed by atoms with E-state index in [1.165, 1.54) is 17.8 Å². The molecule has 0 radical (unpaired) electrons. The van der Waals surface area contributed by atoms with E-state index in [2.05, 4.69) is 28.7 Å². The zero-order valence-corrected chi connectivity index (χ0v) is 17.1. The summed E-state index contributed by atoms with van der Waals surface area (Å²) in [4.78, 5) is 35.8. The molecule has 3 rings (SSSR count). The van der Waals surface area contributed by atoms with Crippen molar-refractivity contribution < 1.29 is 14.3 Å². The van der Waals surface area contributed by atoms with E-state index in [0.29, 0.717) is 51.5 Å². The monoisotopic (exact) mass is 393 g/mol. The molecule has 3 heterocycles. The van der Waals surface area contributed by atoms with Gasteiger partial charge in [0.2, 0.25) is 0 Å². The van der Waals surface area contributed by atoms with Crippen molar-refractivity contribution in [3.63, 3.8) is 0 Å². The van der Waals surface area contributed by atoms with Gasteiger partial charge < -0.3 is 14.5 Å². The molecule has 2 atom stereocenters. The highest BCUT2D eigenvalue weighted by atomic mass is 32.1. The van der Waals surface area contributed by atoms with Crippen LogP contribution in [0.5, 0.6) is 0 Å². The minimum atomic E-state index is -0.438. The van der Waals surface area contributed by atoms with Crippen LogP contribution in [0.3, 0.4) is 0 Å². The summed E-state index contributed by atoms with van der Waals surface area (Å²) in [6.45, 7) is 9.42. The Hall–Kier alpha value is -1.77. The second kappa shape index (κ2) is 8.50. The molecular weight excluding hydrogens is 366 g/mol. The molecule has 148 valence electrons. The Morgan fingerprint density at radius 2 is 2.00 bits per heavy atom. The molecule has 2 aromatic heterocycles. The summed E-state index contributed by atoms with van der Waals surface area (Å²) in [6, 6.07) is 0. The third kappa shape index (κ3) is 4.56. The number of aromatic nitrogens is 2. The molecule has 0 bridgehead atoms. The smallest absolute Gasteiger partial charge is 0.348 e. The number of likely N-dealkylation sites (tertiary alicyclic amines) is 1. The molecule has 8 heteroatoms. The third-order valence-electron chi connectivity index (χ3n) is 4.87. The number of nitrogens with zero attached hydrogens (tertiary/aromatic N) is 2. The number of nitrogens with one attached hydrogen (secondary N) is 1. The van der Waals surface area contributed by atoms with Crippen molar-refractivity contribution in [3.05, 3.63) is 26.6 Å². The average molecular weight is 394 g/mol. The van der Waals surface area contributed by atoms with Crippen molar-refractivity contribution in [1.82, 2.24) is 14.9 Å². The number of thiophene rings is 1. The van der Waals surface area contributed by atoms with E-state index >= 15 is 0 Å². The van der Waals surface area contributed by atoms with E-state index < -0.39 is 5.97 Å². The summed E-state index contributed by atoms with van der Waals surface area (Å²) in [7, 11) is 1.55. The molecule has 0 unspecified atom stereocenters. The minimum Gasteiger partial charge on any atom is -0.459 e. The second-order valence-corrected chi connectivity index (χ2v) is 8.52. The number of rotatable bonds is 6. The number of aromatic amines is 1. The summed E-state index contributed by atoms with van der Waals surface area (Å²) in [5.74, 6) is 1.49. The van der Waals surface area contributed by atoms with E-state index in [0.717, 1.165) is 13.1 Å². The molecule has 0 aromatic carbocycles. The number of carbonyl (C=O) groups excluding carboxylic acids is 1. The quantitative estimate of drug-likeness (QED) is 0.600. The van der Waals surface area contributed by atoms with Crippen molar-refractivity contribution >= 4 is 27.5 Å². The van der Waals surface area contributed by atoms with Crippen LogP contribution in [-0.4, -0.2) is 54.3 Å². The van der Waals surface area contributed by atoms with Gasteiger partial charge >= 0.3 is 5.97 Å². The van der Waals surface area contributed by atoms with E-state index in [1.807, 2.05) is 0 Å². The maximum atomic E-state index is 12.6. The lowest BCUT2D eigenvalue weighted by Crippen LogP contribution is -2.38. The number of piperidine rings is 1. The van der Waals surface area contributed by atoms with Crippen LogP contribution in [0.4, 0.5) is 0 Å². The van der Waals surface area contributed by atoms with Crippen molar-refractivity contribution in [1.29, 1.82) is 0 Å². The number of methoxy groups -OCH3 is 1. The summed E-state index contributed by atoms with van der Waals surface area (Å²) in [5, 5.41) is 0.475. The first-order chi connectivity index (χ1) is 12.9. The zero-order valence-electron chi connectivity index (χ0n) is 16.3. The van der Waals surface area contributed by atoms with E-state index in [1.54, 1.807) is 14.0 Å². The summed E-state index contributed by atoms with van der Waals surface area (Å²) < 4.78 is 10.1. The van der Waals surface area contributed by atoms with Crippen molar-refractivity contribution in [3.8, 4) is 0 Å². The number of ether oxygens (including phenoxy) is 2.